The number of carboxylic acid groups (broad SMARTS) is 1. The Morgan fingerprint density at radius 3 is 2.16 bits per heavy atom. The van der Waals surface area contributed by atoms with Gasteiger partial charge in [-0.2, -0.15) is 0 Å². The second kappa shape index (κ2) is 5.03. The third-order valence-electron chi connectivity index (χ3n) is 4.11. The van der Waals surface area contributed by atoms with Crippen molar-refractivity contribution in [3.63, 3.8) is 0 Å². The van der Waals surface area contributed by atoms with Crippen molar-refractivity contribution in [2.75, 3.05) is 6.54 Å². The number of nitrogens with one attached hydrogen (secondary N) is 1. The molecule has 19 heavy (non-hydrogen) atoms. The van der Waals surface area contributed by atoms with Gasteiger partial charge in [-0.15, -0.1) is 0 Å². The Kier molecular flexibility index (Phi) is 3.60. The number of amides is 1. The Balaban J connectivity index is 1.95. The van der Waals surface area contributed by atoms with Crippen LogP contribution in [0.1, 0.15) is 47.4 Å². The molecule has 2 rings (SSSR count). The van der Waals surface area contributed by atoms with Crippen molar-refractivity contribution >= 4 is 11.9 Å². The van der Waals surface area contributed by atoms with Crippen LogP contribution >= 0.6 is 0 Å². The van der Waals surface area contributed by atoms with Crippen LogP contribution in [0.3, 0.4) is 0 Å². The lowest BCUT2D eigenvalue weighted by molar-refractivity contribution is 0.0696. The van der Waals surface area contributed by atoms with Crippen LogP contribution in [0.25, 0.3) is 0 Å². The average molecular weight is 261 g/mol. The number of aromatic carboxylic acids is 1. The summed E-state index contributed by atoms with van der Waals surface area (Å²) in [6, 6.07) is 6.00. The van der Waals surface area contributed by atoms with Gasteiger partial charge in [-0.25, -0.2) is 4.79 Å². The number of carbonyl (C=O) groups is 2. The minimum absolute atomic E-state index is 0.135. The number of rotatable bonds is 5. The fourth-order valence-corrected chi connectivity index (χ4v) is 2.24. The van der Waals surface area contributed by atoms with Crippen LogP contribution < -0.4 is 5.32 Å². The van der Waals surface area contributed by atoms with Gasteiger partial charge in [0.15, 0.2) is 0 Å². The van der Waals surface area contributed by atoms with Crippen molar-refractivity contribution in [1.82, 2.24) is 5.32 Å². The quantitative estimate of drug-likeness (QED) is 0.856. The molecule has 0 bridgehead atoms. The monoisotopic (exact) mass is 261 g/mol. The molecule has 102 valence electrons. The van der Waals surface area contributed by atoms with E-state index in [2.05, 4.69) is 19.2 Å². The van der Waals surface area contributed by atoms with Crippen LogP contribution in [0.15, 0.2) is 24.3 Å². The molecule has 1 aliphatic rings. The summed E-state index contributed by atoms with van der Waals surface area (Å²) in [7, 11) is 0. The van der Waals surface area contributed by atoms with E-state index in [1.807, 2.05) is 0 Å². The number of hydrogen-bond acceptors (Lipinski definition) is 2. The summed E-state index contributed by atoms with van der Waals surface area (Å²) in [4.78, 5) is 22.7. The van der Waals surface area contributed by atoms with Crippen molar-refractivity contribution in [2.24, 2.45) is 11.3 Å². The molecule has 1 aromatic rings. The molecular formula is C15H19NO3. The molecule has 0 aromatic heterocycles. The first kappa shape index (κ1) is 13.6. The number of carbonyl (C=O) groups excluding carboxylic acids is 1. The topological polar surface area (TPSA) is 66.4 Å². The van der Waals surface area contributed by atoms with Crippen LogP contribution in [0.5, 0.6) is 0 Å². The Labute approximate surface area is 112 Å². The molecule has 0 spiro atoms. The molecule has 1 aromatic carbocycles. The highest BCUT2D eigenvalue weighted by atomic mass is 16.4. The fourth-order valence-electron chi connectivity index (χ4n) is 2.24. The SMILES string of the molecule is CC(C)C1(CNC(=O)c2ccc(C(=O)O)cc2)CC1. The maximum absolute atomic E-state index is 12.0. The summed E-state index contributed by atoms with van der Waals surface area (Å²) in [6.45, 7) is 5.06. The van der Waals surface area contributed by atoms with Crippen molar-refractivity contribution in [3.05, 3.63) is 35.4 Å². The zero-order chi connectivity index (χ0) is 14.0. The Morgan fingerprint density at radius 2 is 1.74 bits per heavy atom. The zero-order valence-electron chi connectivity index (χ0n) is 11.3. The van der Waals surface area contributed by atoms with E-state index in [-0.39, 0.29) is 16.9 Å². The molecule has 4 heteroatoms. The molecule has 0 unspecified atom stereocenters. The molecule has 1 fully saturated rings. The lowest BCUT2D eigenvalue weighted by atomic mass is 9.92. The van der Waals surface area contributed by atoms with Crippen LogP contribution in [0.4, 0.5) is 0 Å². The summed E-state index contributed by atoms with van der Waals surface area (Å²) >= 11 is 0. The van der Waals surface area contributed by atoms with Crippen LogP contribution in [0.2, 0.25) is 0 Å². The van der Waals surface area contributed by atoms with Gasteiger partial charge in [0.2, 0.25) is 0 Å². The molecule has 2 N–H and O–H groups in total. The van der Waals surface area contributed by atoms with Gasteiger partial charge in [0.05, 0.1) is 5.56 Å². The summed E-state index contributed by atoms with van der Waals surface area (Å²) in [5, 5.41) is 11.7. The predicted molar refractivity (Wildman–Crippen MR) is 72.2 cm³/mol. The number of hydrogen-bond donors (Lipinski definition) is 2. The smallest absolute Gasteiger partial charge is 0.335 e. The van der Waals surface area contributed by atoms with E-state index >= 15 is 0 Å². The fraction of sp³-hybridized carbons (Fsp3) is 0.467. The summed E-state index contributed by atoms with van der Waals surface area (Å²) in [6.07, 6.45) is 2.34. The first-order valence-electron chi connectivity index (χ1n) is 6.56. The third-order valence-corrected chi connectivity index (χ3v) is 4.11. The highest BCUT2D eigenvalue weighted by Gasteiger charge is 2.45. The summed E-state index contributed by atoms with van der Waals surface area (Å²) < 4.78 is 0. The molecule has 0 atom stereocenters. The lowest BCUT2D eigenvalue weighted by Crippen LogP contribution is -2.32. The van der Waals surface area contributed by atoms with Crippen LogP contribution in [0, 0.1) is 11.3 Å². The number of benzene rings is 1. The normalized spacial score (nSPS) is 16.2. The molecule has 0 saturated heterocycles. The zero-order valence-corrected chi connectivity index (χ0v) is 11.3. The summed E-state index contributed by atoms with van der Waals surface area (Å²) in [5.74, 6) is -0.547. The molecule has 1 aliphatic carbocycles. The van der Waals surface area contributed by atoms with Gasteiger partial charge >= 0.3 is 5.97 Å². The molecule has 1 saturated carbocycles. The van der Waals surface area contributed by atoms with E-state index in [1.165, 1.54) is 25.0 Å². The number of carboxylic acids is 1. The molecule has 0 radical (unpaired) electrons. The van der Waals surface area contributed by atoms with Gasteiger partial charge in [-0.3, -0.25) is 4.79 Å². The van der Waals surface area contributed by atoms with Crippen molar-refractivity contribution in [3.8, 4) is 0 Å². The van der Waals surface area contributed by atoms with Gasteiger partial charge < -0.3 is 10.4 Å². The third kappa shape index (κ3) is 2.95. The molecule has 0 aliphatic heterocycles. The molecule has 4 nitrogen and oxygen atoms in total. The van der Waals surface area contributed by atoms with Crippen molar-refractivity contribution in [2.45, 2.75) is 26.7 Å². The summed E-state index contributed by atoms with van der Waals surface area (Å²) in [5.41, 5.74) is 0.971. The molecular weight excluding hydrogens is 242 g/mol. The average Bonchev–Trinajstić information content (AvgIpc) is 3.17. The van der Waals surface area contributed by atoms with E-state index in [1.54, 1.807) is 12.1 Å². The first-order chi connectivity index (χ1) is 8.94. The largest absolute Gasteiger partial charge is 0.478 e. The maximum Gasteiger partial charge on any atom is 0.335 e. The molecule has 1 amide bonds. The standard InChI is InChI=1S/C15H19NO3/c1-10(2)15(7-8-15)9-16-13(17)11-3-5-12(6-4-11)14(18)19/h3-6,10H,7-9H2,1-2H3,(H,16,17)(H,18,19). The predicted octanol–water partition coefficient (Wildman–Crippen LogP) is 2.55. The first-order valence-corrected chi connectivity index (χ1v) is 6.56. The Morgan fingerprint density at radius 1 is 1.21 bits per heavy atom. The van der Waals surface area contributed by atoms with E-state index in [4.69, 9.17) is 5.11 Å². The van der Waals surface area contributed by atoms with E-state index in [9.17, 15) is 9.59 Å². The van der Waals surface area contributed by atoms with E-state index < -0.39 is 5.97 Å². The Bertz CT molecular complexity index is 487. The Hall–Kier alpha value is -1.84. The van der Waals surface area contributed by atoms with E-state index in [0.717, 1.165) is 0 Å². The minimum Gasteiger partial charge on any atom is -0.478 e. The van der Waals surface area contributed by atoms with Gasteiger partial charge in [0, 0.05) is 12.1 Å². The van der Waals surface area contributed by atoms with Gasteiger partial charge in [-0.1, -0.05) is 13.8 Å². The van der Waals surface area contributed by atoms with E-state index in [0.29, 0.717) is 18.0 Å². The minimum atomic E-state index is -0.983. The maximum atomic E-state index is 12.0. The van der Waals surface area contributed by atoms with Gasteiger partial charge in [-0.05, 0) is 48.4 Å². The molecule has 0 heterocycles. The second-order valence-electron chi connectivity index (χ2n) is 5.58. The van der Waals surface area contributed by atoms with Crippen LogP contribution in [-0.4, -0.2) is 23.5 Å². The highest BCUT2D eigenvalue weighted by Crippen LogP contribution is 2.51. The second-order valence-corrected chi connectivity index (χ2v) is 5.58. The lowest BCUT2D eigenvalue weighted by Gasteiger charge is -2.20. The van der Waals surface area contributed by atoms with Gasteiger partial charge in [0.25, 0.3) is 5.91 Å². The van der Waals surface area contributed by atoms with Crippen molar-refractivity contribution in [1.29, 1.82) is 0 Å². The van der Waals surface area contributed by atoms with Crippen molar-refractivity contribution < 1.29 is 14.7 Å². The highest BCUT2D eigenvalue weighted by molar-refractivity contribution is 5.95. The van der Waals surface area contributed by atoms with Gasteiger partial charge in [0.1, 0.15) is 0 Å². The van der Waals surface area contributed by atoms with Crippen LogP contribution in [-0.2, 0) is 0 Å².